The zero-order valence-electron chi connectivity index (χ0n) is 17.2. The van der Waals surface area contributed by atoms with E-state index in [1.165, 1.54) is 16.7 Å². The van der Waals surface area contributed by atoms with Gasteiger partial charge in [0.15, 0.2) is 0 Å². The van der Waals surface area contributed by atoms with Gasteiger partial charge in [-0.25, -0.2) is 0 Å². The van der Waals surface area contributed by atoms with Crippen LogP contribution in [-0.4, -0.2) is 0 Å². The van der Waals surface area contributed by atoms with Crippen LogP contribution in [0.2, 0.25) is 0 Å². The molecule has 30 heavy (non-hydrogen) atoms. The van der Waals surface area contributed by atoms with Crippen LogP contribution in [0.5, 0.6) is 11.5 Å². The fourth-order valence-corrected chi connectivity index (χ4v) is 4.82. The molecule has 1 aliphatic heterocycles. The summed E-state index contributed by atoms with van der Waals surface area (Å²) >= 11 is 4.59. The highest BCUT2D eigenvalue weighted by atomic mass is 32.1. The summed E-state index contributed by atoms with van der Waals surface area (Å²) in [4.78, 5) is 0.894. The minimum atomic E-state index is -0.468. The Balaban J connectivity index is 1.93. The molecule has 2 aliphatic rings. The van der Waals surface area contributed by atoms with Crippen molar-refractivity contribution in [1.82, 2.24) is 0 Å². The SMILES string of the molecule is Cc1ccc2c(c1)Oc1cc(S)ccc1C2(C1=CC=CC(C)C=C1)c1ccccc1. The quantitative estimate of drug-likeness (QED) is 0.434. The minimum absolute atomic E-state index is 0.392. The molecule has 3 aromatic carbocycles. The second-order valence-corrected chi connectivity index (χ2v) is 8.64. The van der Waals surface area contributed by atoms with Crippen molar-refractivity contribution in [3.05, 3.63) is 125 Å². The third kappa shape index (κ3) is 2.95. The molecular weight excluding hydrogens is 384 g/mol. The topological polar surface area (TPSA) is 9.23 Å². The van der Waals surface area contributed by atoms with Crippen LogP contribution in [0.4, 0.5) is 0 Å². The highest BCUT2D eigenvalue weighted by molar-refractivity contribution is 7.80. The first-order valence-corrected chi connectivity index (χ1v) is 10.8. The highest BCUT2D eigenvalue weighted by Crippen LogP contribution is 2.56. The van der Waals surface area contributed by atoms with E-state index in [-0.39, 0.29) is 0 Å². The van der Waals surface area contributed by atoms with Crippen LogP contribution < -0.4 is 4.74 Å². The fourth-order valence-electron chi connectivity index (χ4n) is 4.63. The zero-order valence-corrected chi connectivity index (χ0v) is 18.1. The lowest BCUT2D eigenvalue weighted by molar-refractivity contribution is 0.432. The van der Waals surface area contributed by atoms with Gasteiger partial charge in [-0.2, -0.15) is 0 Å². The van der Waals surface area contributed by atoms with E-state index in [9.17, 15) is 0 Å². The van der Waals surface area contributed by atoms with Crippen molar-refractivity contribution in [2.45, 2.75) is 24.2 Å². The summed E-state index contributed by atoms with van der Waals surface area (Å²) in [5, 5.41) is 0. The Labute approximate surface area is 183 Å². The monoisotopic (exact) mass is 408 g/mol. The Morgan fingerprint density at radius 3 is 2.40 bits per heavy atom. The van der Waals surface area contributed by atoms with E-state index in [0.29, 0.717) is 5.92 Å². The van der Waals surface area contributed by atoms with Crippen LogP contribution in [0.3, 0.4) is 0 Å². The van der Waals surface area contributed by atoms with Crippen LogP contribution in [-0.2, 0) is 5.41 Å². The van der Waals surface area contributed by atoms with E-state index in [2.05, 4.69) is 118 Å². The number of fused-ring (bicyclic) bond motifs is 2. The van der Waals surface area contributed by atoms with E-state index in [0.717, 1.165) is 27.5 Å². The maximum absolute atomic E-state index is 6.44. The number of aryl methyl sites for hydroxylation is 1. The van der Waals surface area contributed by atoms with Gasteiger partial charge in [0.25, 0.3) is 0 Å². The van der Waals surface area contributed by atoms with E-state index < -0.39 is 5.41 Å². The first kappa shape index (κ1) is 19.0. The molecule has 0 saturated heterocycles. The van der Waals surface area contributed by atoms with Crippen molar-refractivity contribution in [3.8, 4) is 11.5 Å². The van der Waals surface area contributed by atoms with Crippen molar-refractivity contribution in [3.63, 3.8) is 0 Å². The Morgan fingerprint density at radius 1 is 0.867 bits per heavy atom. The lowest BCUT2D eigenvalue weighted by Crippen LogP contribution is -2.34. The maximum Gasteiger partial charge on any atom is 0.133 e. The lowest BCUT2D eigenvalue weighted by atomic mass is 9.63. The molecule has 1 nitrogen and oxygen atoms in total. The summed E-state index contributed by atoms with van der Waals surface area (Å²) in [7, 11) is 0. The van der Waals surface area contributed by atoms with Crippen LogP contribution in [0.25, 0.3) is 0 Å². The summed E-state index contributed by atoms with van der Waals surface area (Å²) < 4.78 is 6.44. The summed E-state index contributed by atoms with van der Waals surface area (Å²) in [5.41, 5.74) is 5.48. The molecule has 0 aromatic heterocycles. The predicted octanol–water partition coefficient (Wildman–Crippen LogP) is 7.41. The average molecular weight is 409 g/mol. The summed E-state index contributed by atoms with van der Waals surface area (Å²) in [5.74, 6) is 2.16. The number of thiol groups is 1. The number of allylic oxidation sites excluding steroid dienone is 6. The second kappa shape index (κ2) is 7.37. The molecule has 3 aromatic rings. The van der Waals surface area contributed by atoms with E-state index in [1.807, 2.05) is 6.07 Å². The number of hydrogen-bond donors (Lipinski definition) is 1. The molecule has 1 heterocycles. The van der Waals surface area contributed by atoms with Gasteiger partial charge in [-0.3, -0.25) is 0 Å². The van der Waals surface area contributed by atoms with Gasteiger partial charge in [-0.05, 0) is 47.7 Å². The Morgan fingerprint density at radius 2 is 1.60 bits per heavy atom. The standard InChI is InChI=1S/C28H24OS/c1-19-7-6-10-22(13-11-19)28(21-8-4-3-5-9-21)24-15-12-20(2)17-26(24)29-27-18-23(30)14-16-25(27)28/h3-19,30H,1-2H3. The van der Waals surface area contributed by atoms with E-state index >= 15 is 0 Å². The zero-order chi connectivity index (χ0) is 20.7. The number of rotatable bonds is 2. The van der Waals surface area contributed by atoms with E-state index in [1.54, 1.807) is 0 Å². The summed E-state index contributed by atoms with van der Waals surface area (Å²) in [6, 6.07) is 23.5. The molecule has 148 valence electrons. The summed E-state index contributed by atoms with van der Waals surface area (Å²) in [6.45, 7) is 4.31. The molecule has 1 aliphatic carbocycles. The normalized spacial score (nSPS) is 21.8. The van der Waals surface area contributed by atoms with Crippen LogP contribution in [0.1, 0.15) is 29.2 Å². The molecule has 2 heteroatoms. The van der Waals surface area contributed by atoms with Gasteiger partial charge in [-0.15, -0.1) is 12.6 Å². The molecule has 0 radical (unpaired) electrons. The van der Waals surface area contributed by atoms with Crippen molar-refractivity contribution in [2.75, 3.05) is 0 Å². The maximum atomic E-state index is 6.44. The van der Waals surface area contributed by atoms with Crippen LogP contribution in [0.15, 0.2) is 108 Å². The molecule has 0 spiro atoms. The van der Waals surface area contributed by atoms with Gasteiger partial charge in [0, 0.05) is 16.0 Å². The van der Waals surface area contributed by atoms with E-state index in [4.69, 9.17) is 4.74 Å². The van der Waals surface area contributed by atoms with Crippen LogP contribution >= 0.6 is 12.6 Å². The van der Waals surface area contributed by atoms with Gasteiger partial charge in [0.2, 0.25) is 0 Å². The molecule has 2 atom stereocenters. The Bertz CT molecular complexity index is 1150. The molecule has 0 bridgehead atoms. The second-order valence-electron chi connectivity index (χ2n) is 8.12. The first-order chi connectivity index (χ1) is 14.6. The van der Waals surface area contributed by atoms with Gasteiger partial charge >= 0.3 is 0 Å². The van der Waals surface area contributed by atoms with Crippen LogP contribution in [0, 0.1) is 12.8 Å². The fraction of sp³-hybridized carbons (Fsp3) is 0.143. The number of hydrogen-bond acceptors (Lipinski definition) is 2. The first-order valence-electron chi connectivity index (χ1n) is 10.3. The van der Waals surface area contributed by atoms with Crippen molar-refractivity contribution < 1.29 is 4.74 Å². The van der Waals surface area contributed by atoms with Crippen molar-refractivity contribution in [2.24, 2.45) is 5.92 Å². The van der Waals surface area contributed by atoms with Gasteiger partial charge in [-0.1, -0.05) is 85.8 Å². The third-order valence-electron chi connectivity index (χ3n) is 6.04. The Hall–Kier alpha value is -2.97. The Kier molecular flexibility index (Phi) is 4.67. The minimum Gasteiger partial charge on any atom is -0.457 e. The number of benzene rings is 3. The average Bonchev–Trinajstić information content (AvgIpc) is 2.97. The third-order valence-corrected chi connectivity index (χ3v) is 6.32. The highest BCUT2D eigenvalue weighted by Gasteiger charge is 2.45. The van der Waals surface area contributed by atoms with Gasteiger partial charge in [0.05, 0.1) is 5.41 Å². The lowest BCUT2D eigenvalue weighted by Gasteiger charge is -2.42. The molecule has 2 unspecified atom stereocenters. The van der Waals surface area contributed by atoms with Gasteiger partial charge in [0.1, 0.15) is 11.5 Å². The largest absolute Gasteiger partial charge is 0.457 e. The molecule has 0 saturated carbocycles. The smallest absolute Gasteiger partial charge is 0.133 e. The van der Waals surface area contributed by atoms with Crippen molar-refractivity contribution in [1.29, 1.82) is 0 Å². The molecule has 0 amide bonds. The predicted molar refractivity (Wildman–Crippen MR) is 127 cm³/mol. The summed E-state index contributed by atoms with van der Waals surface area (Å²) in [6.07, 6.45) is 11.2. The van der Waals surface area contributed by atoms with Gasteiger partial charge < -0.3 is 4.74 Å². The molecule has 0 N–H and O–H groups in total. The molecule has 0 fully saturated rings. The molecule has 5 rings (SSSR count). The van der Waals surface area contributed by atoms with Crippen molar-refractivity contribution >= 4 is 12.6 Å². The number of ether oxygens (including phenoxy) is 1. The molecular formula is C28H24OS.